The first kappa shape index (κ1) is 15.9. The van der Waals surface area contributed by atoms with E-state index in [0.717, 1.165) is 39.1 Å². The van der Waals surface area contributed by atoms with Gasteiger partial charge in [0.2, 0.25) is 0 Å². The highest BCUT2D eigenvalue weighted by atomic mass is 32.1. The van der Waals surface area contributed by atoms with Crippen LogP contribution in [0.3, 0.4) is 0 Å². The van der Waals surface area contributed by atoms with Crippen LogP contribution >= 0.6 is 11.3 Å². The number of aliphatic hydroxyl groups excluding tert-OH is 1. The van der Waals surface area contributed by atoms with Gasteiger partial charge >= 0.3 is 5.97 Å². The lowest BCUT2D eigenvalue weighted by molar-refractivity contribution is -0.145. The first-order valence-electron chi connectivity index (χ1n) is 7.92. The second kappa shape index (κ2) is 7.08. The van der Waals surface area contributed by atoms with E-state index < -0.39 is 6.10 Å². The molecule has 1 aliphatic heterocycles. The van der Waals surface area contributed by atoms with Crippen LogP contribution in [0.2, 0.25) is 0 Å². The van der Waals surface area contributed by atoms with Crippen LogP contribution in [0.4, 0.5) is 0 Å². The minimum atomic E-state index is -0.409. The van der Waals surface area contributed by atoms with Crippen molar-refractivity contribution in [1.29, 1.82) is 0 Å². The molecule has 1 N–H and O–H groups in total. The first-order chi connectivity index (χ1) is 10.7. The molecule has 0 bridgehead atoms. The molecule has 1 aromatic heterocycles. The van der Waals surface area contributed by atoms with Gasteiger partial charge in [0.1, 0.15) is 0 Å². The highest BCUT2D eigenvalue weighted by Crippen LogP contribution is 2.31. The summed E-state index contributed by atoms with van der Waals surface area (Å²) < 4.78 is 4.82. The molecule has 1 aliphatic carbocycles. The van der Waals surface area contributed by atoms with Gasteiger partial charge < -0.3 is 9.84 Å². The lowest BCUT2D eigenvalue weighted by atomic mass is 10.1. The van der Waals surface area contributed by atoms with Crippen LogP contribution in [0.25, 0.3) is 0 Å². The molecule has 1 saturated carbocycles. The van der Waals surface area contributed by atoms with Gasteiger partial charge in [-0.25, -0.2) is 0 Å². The number of hydrogen-bond acceptors (Lipinski definition) is 6. The van der Waals surface area contributed by atoms with E-state index in [2.05, 4.69) is 27.3 Å². The van der Waals surface area contributed by atoms with E-state index in [4.69, 9.17) is 4.74 Å². The second-order valence-electron chi connectivity index (χ2n) is 6.22. The number of nitrogens with zero attached hydrogens (tertiary/aromatic N) is 2. The van der Waals surface area contributed by atoms with Gasteiger partial charge in [-0.05, 0) is 24.3 Å². The zero-order chi connectivity index (χ0) is 15.5. The molecule has 5 nitrogen and oxygen atoms in total. The van der Waals surface area contributed by atoms with Crippen LogP contribution in [0.1, 0.15) is 17.7 Å². The molecule has 1 aromatic rings. The third-order valence-electron chi connectivity index (χ3n) is 4.87. The fourth-order valence-electron chi connectivity index (χ4n) is 3.62. The number of esters is 1. The maximum absolute atomic E-state index is 11.7. The molecule has 0 spiro atoms. The summed E-state index contributed by atoms with van der Waals surface area (Å²) in [5.41, 5.74) is 0. The smallest absolute Gasteiger partial charge is 0.308 e. The van der Waals surface area contributed by atoms with Crippen LogP contribution in [0, 0.1) is 5.92 Å². The largest absolute Gasteiger partial charge is 0.469 e. The number of aliphatic hydroxyl groups is 1. The summed E-state index contributed by atoms with van der Waals surface area (Å²) in [6, 6.07) is 4.38. The minimum Gasteiger partial charge on any atom is -0.469 e. The molecule has 2 fully saturated rings. The number of ether oxygens (including phenoxy) is 1. The number of rotatable bonds is 4. The van der Waals surface area contributed by atoms with E-state index in [1.54, 1.807) is 11.3 Å². The fraction of sp³-hybridized carbons (Fsp3) is 0.688. The Hall–Kier alpha value is -0.950. The Kier molecular flexibility index (Phi) is 5.13. The highest BCUT2D eigenvalue weighted by Gasteiger charge is 2.41. The standard InChI is InChI=1S/C16H24N2O3S/c1-21-16(20)12-9-14(15(19)10-12)18-6-4-17(5-7-18)11-13-3-2-8-22-13/h2-3,8,12,14-15,19H,4-7,9-11H2,1H3/t12-,14+,15-/m0/s1. The Morgan fingerprint density at radius 2 is 2.14 bits per heavy atom. The summed E-state index contributed by atoms with van der Waals surface area (Å²) in [6.45, 7) is 4.97. The molecule has 122 valence electrons. The van der Waals surface area contributed by atoms with Gasteiger partial charge in [-0.2, -0.15) is 0 Å². The number of methoxy groups -OCH3 is 1. The topological polar surface area (TPSA) is 53.0 Å². The third kappa shape index (κ3) is 3.51. The van der Waals surface area contributed by atoms with Gasteiger partial charge in [-0.1, -0.05) is 6.07 Å². The molecule has 3 rings (SSSR count). The van der Waals surface area contributed by atoms with E-state index in [9.17, 15) is 9.90 Å². The van der Waals surface area contributed by atoms with Crippen molar-refractivity contribution < 1.29 is 14.6 Å². The van der Waals surface area contributed by atoms with E-state index >= 15 is 0 Å². The van der Waals surface area contributed by atoms with Crippen LogP contribution in [-0.4, -0.2) is 66.3 Å². The molecule has 2 aliphatic rings. The molecule has 6 heteroatoms. The number of carbonyl (C=O) groups is 1. The van der Waals surface area contributed by atoms with Crippen molar-refractivity contribution >= 4 is 17.3 Å². The summed E-state index contributed by atoms with van der Waals surface area (Å²) >= 11 is 1.80. The molecular formula is C16H24N2O3S. The number of carbonyl (C=O) groups excluding carboxylic acids is 1. The average Bonchev–Trinajstić information content (AvgIpc) is 3.17. The van der Waals surface area contributed by atoms with Crippen molar-refractivity contribution in [2.45, 2.75) is 31.5 Å². The normalized spacial score (nSPS) is 30.5. The second-order valence-corrected chi connectivity index (χ2v) is 7.25. The van der Waals surface area contributed by atoms with Gasteiger partial charge in [0, 0.05) is 43.6 Å². The summed E-state index contributed by atoms with van der Waals surface area (Å²) in [7, 11) is 1.42. The maximum Gasteiger partial charge on any atom is 0.308 e. The van der Waals surface area contributed by atoms with Crippen molar-refractivity contribution in [3.8, 4) is 0 Å². The Morgan fingerprint density at radius 1 is 1.36 bits per heavy atom. The van der Waals surface area contributed by atoms with E-state index in [0.29, 0.717) is 6.42 Å². The molecule has 3 atom stereocenters. The summed E-state index contributed by atoms with van der Waals surface area (Å²) in [4.78, 5) is 17.9. The van der Waals surface area contributed by atoms with Crippen LogP contribution in [-0.2, 0) is 16.1 Å². The van der Waals surface area contributed by atoms with Gasteiger partial charge in [0.25, 0.3) is 0 Å². The van der Waals surface area contributed by atoms with Crippen molar-refractivity contribution in [2.75, 3.05) is 33.3 Å². The molecule has 0 unspecified atom stereocenters. The summed E-state index contributed by atoms with van der Waals surface area (Å²) in [5, 5.41) is 12.4. The minimum absolute atomic E-state index is 0.105. The highest BCUT2D eigenvalue weighted by molar-refractivity contribution is 7.09. The first-order valence-corrected chi connectivity index (χ1v) is 8.80. The molecular weight excluding hydrogens is 300 g/mol. The Morgan fingerprint density at radius 3 is 2.77 bits per heavy atom. The Bertz CT molecular complexity index is 486. The molecule has 1 saturated heterocycles. The number of hydrogen-bond donors (Lipinski definition) is 1. The quantitative estimate of drug-likeness (QED) is 0.843. The molecule has 0 aromatic carbocycles. The predicted octanol–water partition coefficient (Wildman–Crippen LogP) is 1.18. The van der Waals surface area contributed by atoms with Crippen molar-refractivity contribution in [2.24, 2.45) is 5.92 Å². The Labute approximate surface area is 135 Å². The van der Waals surface area contributed by atoms with Crippen molar-refractivity contribution in [1.82, 2.24) is 9.80 Å². The number of thiophene rings is 1. The predicted molar refractivity (Wildman–Crippen MR) is 85.7 cm³/mol. The SMILES string of the molecule is COC(=O)[C@H]1C[C@@H](N2CCN(Cc3cccs3)CC2)[C@@H](O)C1. The monoisotopic (exact) mass is 324 g/mol. The van der Waals surface area contributed by atoms with Gasteiger partial charge in [0.15, 0.2) is 0 Å². The lowest BCUT2D eigenvalue weighted by Crippen LogP contribution is -2.52. The van der Waals surface area contributed by atoms with Crippen LogP contribution in [0.15, 0.2) is 17.5 Å². The third-order valence-corrected chi connectivity index (χ3v) is 5.73. The van der Waals surface area contributed by atoms with E-state index in [1.807, 2.05) is 0 Å². The maximum atomic E-state index is 11.7. The Balaban J connectivity index is 1.50. The van der Waals surface area contributed by atoms with Gasteiger partial charge in [-0.3, -0.25) is 14.6 Å². The van der Waals surface area contributed by atoms with E-state index in [1.165, 1.54) is 12.0 Å². The molecule has 22 heavy (non-hydrogen) atoms. The van der Waals surface area contributed by atoms with E-state index in [-0.39, 0.29) is 17.9 Å². The molecule has 2 heterocycles. The molecule has 0 amide bonds. The zero-order valence-corrected chi connectivity index (χ0v) is 13.8. The van der Waals surface area contributed by atoms with Gasteiger partial charge in [-0.15, -0.1) is 11.3 Å². The van der Waals surface area contributed by atoms with Crippen molar-refractivity contribution in [3.05, 3.63) is 22.4 Å². The van der Waals surface area contributed by atoms with Crippen molar-refractivity contribution in [3.63, 3.8) is 0 Å². The van der Waals surface area contributed by atoms with Crippen LogP contribution in [0.5, 0.6) is 0 Å². The average molecular weight is 324 g/mol. The molecule has 0 radical (unpaired) electrons. The zero-order valence-electron chi connectivity index (χ0n) is 13.0. The van der Waals surface area contributed by atoms with Crippen LogP contribution < -0.4 is 0 Å². The lowest BCUT2D eigenvalue weighted by Gasteiger charge is -2.39. The van der Waals surface area contributed by atoms with Gasteiger partial charge in [0.05, 0.1) is 19.1 Å². The summed E-state index contributed by atoms with van der Waals surface area (Å²) in [5.74, 6) is -0.327. The fourth-order valence-corrected chi connectivity index (χ4v) is 4.37. The summed E-state index contributed by atoms with van der Waals surface area (Å²) in [6.07, 6.45) is 0.846. The number of piperazine rings is 1.